The minimum atomic E-state index is -0.888. The van der Waals surface area contributed by atoms with Crippen LogP contribution in [0.25, 0.3) is 0 Å². The quantitative estimate of drug-likeness (QED) is 0.454. The van der Waals surface area contributed by atoms with Gasteiger partial charge in [-0.05, 0) is 56.2 Å². The van der Waals surface area contributed by atoms with E-state index in [0.29, 0.717) is 22.4 Å². The van der Waals surface area contributed by atoms with Crippen molar-refractivity contribution in [2.24, 2.45) is 0 Å². The van der Waals surface area contributed by atoms with Gasteiger partial charge in [-0.3, -0.25) is 9.59 Å². The van der Waals surface area contributed by atoms with Gasteiger partial charge in [-0.15, -0.1) is 0 Å². The predicted molar refractivity (Wildman–Crippen MR) is 110 cm³/mol. The molecule has 0 bridgehead atoms. The van der Waals surface area contributed by atoms with Crippen molar-refractivity contribution in [1.82, 2.24) is 9.88 Å². The molecule has 1 atom stereocenters. The fourth-order valence-electron chi connectivity index (χ4n) is 3.49. The van der Waals surface area contributed by atoms with Gasteiger partial charge in [0.1, 0.15) is 11.5 Å². The Morgan fingerprint density at radius 3 is 2.42 bits per heavy atom. The van der Waals surface area contributed by atoms with E-state index < -0.39 is 23.7 Å². The minimum Gasteiger partial charge on any atom is -0.464 e. The number of nitrogens with zero attached hydrogens (tertiary/aromatic N) is 1. The second-order valence-electron chi connectivity index (χ2n) is 7.19. The van der Waals surface area contributed by atoms with Crippen LogP contribution in [0.3, 0.4) is 0 Å². The molecule has 7 nitrogen and oxygen atoms in total. The summed E-state index contributed by atoms with van der Waals surface area (Å²) in [5.74, 6) is -1.72. The van der Waals surface area contributed by atoms with Crippen molar-refractivity contribution in [2.75, 3.05) is 7.11 Å². The van der Waals surface area contributed by atoms with E-state index in [2.05, 4.69) is 4.98 Å². The monoisotopic (exact) mass is 426 g/mol. The number of carbonyl (C=O) groups excluding carboxylic acids is 3. The van der Waals surface area contributed by atoms with E-state index in [1.807, 2.05) is 0 Å². The van der Waals surface area contributed by atoms with Crippen molar-refractivity contribution >= 4 is 17.7 Å². The minimum absolute atomic E-state index is 0.0685. The van der Waals surface area contributed by atoms with Gasteiger partial charge in [0.25, 0.3) is 5.91 Å². The van der Waals surface area contributed by atoms with Crippen molar-refractivity contribution in [3.05, 3.63) is 82.3 Å². The lowest BCUT2D eigenvalue weighted by Gasteiger charge is -2.28. The molecule has 0 aliphatic rings. The van der Waals surface area contributed by atoms with Gasteiger partial charge in [-0.2, -0.15) is 0 Å². The summed E-state index contributed by atoms with van der Waals surface area (Å²) < 4.78 is 23.3. The summed E-state index contributed by atoms with van der Waals surface area (Å²) in [5, 5.41) is 0. The largest absolute Gasteiger partial charge is 0.464 e. The standard InChI is InChI=1S/C23H23FN2O5/c1-13-19(14(2)25-20(13)23(29)30-4)21(27)15(3)26(22(28)18-6-5-11-31-18)12-16-7-9-17(24)10-8-16/h5-11,15,25H,12H2,1-4H3. The number of esters is 1. The Labute approximate surface area is 178 Å². The molecule has 1 amide bonds. The fraction of sp³-hybridized carbons (Fsp3) is 0.261. The Hall–Kier alpha value is -3.68. The van der Waals surface area contributed by atoms with Crippen LogP contribution in [0.2, 0.25) is 0 Å². The Bertz CT molecular complexity index is 1100. The van der Waals surface area contributed by atoms with Crippen LogP contribution in [-0.2, 0) is 11.3 Å². The van der Waals surface area contributed by atoms with Gasteiger partial charge in [0.15, 0.2) is 11.5 Å². The third-order valence-corrected chi connectivity index (χ3v) is 5.18. The molecule has 0 aliphatic heterocycles. The molecule has 0 spiro atoms. The molecule has 1 N–H and O–H groups in total. The molecule has 1 unspecified atom stereocenters. The van der Waals surface area contributed by atoms with Crippen LogP contribution in [0.15, 0.2) is 47.1 Å². The highest BCUT2D eigenvalue weighted by Gasteiger charge is 2.32. The van der Waals surface area contributed by atoms with E-state index in [1.54, 1.807) is 39.0 Å². The summed E-state index contributed by atoms with van der Waals surface area (Å²) >= 11 is 0. The topological polar surface area (TPSA) is 92.6 Å². The highest BCUT2D eigenvalue weighted by Crippen LogP contribution is 2.24. The first kappa shape index (κ1) is 22.0. The number of Topliss-reactive ketones (excluding diaryl/α,β-unsaturated/α-hetero) is 1. The van der Waals surface area contributed by atoms with Crippen LogP contribution in [0.1, 0.15) is 55.1 Å². The van der Waals surface area contributed by atoms with Gasteiger partial charge in [0, 0.05) is 17.8 Å². The number of nitrogens with one attached hydrogen (secondary N) is 1. The first-order chi connectivity index (χ1) is 14.7. The molecule has 2 heterocycles. The molecule has 0 radical (unpaired) electrons. The van der Waals surface area contributed by atoms with Crippen molar-refractivity contribution in [2.45, 2.75) is 33.4 Å². The normalized spacial score (nSPS) is 11.8. The predicted octanol–water partition coefficient (Wildman–Crippen LogP) is 4.06. The maximum atomic E-state index is 13.4. The van der Waals surface area contributed by atoms with Gasteiger partial charge >= 0.3 is 5.97 Å². The molecule has 0 saturated heterocycles. The number of aromatic nitrogens is 1. The van der Waals surface area contributed by atoms with Crippen molar-refractivity contribution in [3.8, 4) is 0 Å². The van der Waals surface area contributed by atoms with Gasteiger partial charge in [-0.25, -0.2) is 9.18 Å². The zero-order valence-corrected chi connectivity index (χ0v) is 17.7. The van der Waals surface area contributed by atoms with E-state index in [4.69, 9.17) is 9.15 Å². The Kier molecular flexibility index (Phi) is 6.39. The van der Waals surface area contributed by atoms with Crippen molar-refractivity contribution in [3.63, 3.8) is 0 Å². The molecule has 1 aromatic carbocycles. The lowest BCUT2D eigenvalue weighted by Crippen LogP contribution is -2.43. The first-order valence-corrected chi connectivity index (χ1v) is 9.65. The lowest BCUT2D eigenvalue weighted by molar-refractivity contribution is 0.0583. The maximum Gasteiger partial charge on any atom is 0.354 e. The molecular weight excluding hydrogens is 403 g/mol. The number of H-pyrrole nitrogens is 1. The summed E-state index contributed by atoms with van der Waals surface area (Å²) in [4.78, 5) is 42.8. The third-order valence-electron chi connectivity index (χ3n) is 5.18. The van der Waals surface area contributed by atoms with E-state index >= 15 is 0 Å². The summed E-state index contributed by atoms with van der Waals surface area (Å²) in [6, 6.07) is 7.90. The number of aryl methyl sites for hydroxylation is 1. The van der Waals surface area contributed by atoms with Crippen LogP contribution >= 0.6 is 0 Å². The molecule has 2 aromatic heterocycles. The average Bonchev–Trinajstić information content (AvgIpc) is 3.39. The number of rotatable bonds is 7. The lowest BCUT2D eigenvalue weighted by atomic mass is 9.99. The second kappa shape index (κ2) is 8.99. The van der Waals surface area contributed by atoms with Crippen LogP contribution in [0.5, 0.6) is 0 Å². The number of halogens is 1. The van der Waals surface area contributed by atoms with E-state index in [-0.39, 0.29) is 23.8 Å². The second-order valence-corrected chi connectivity index (χ2v) is 7.19. The molecule has 0 aliphatic carbocycles. The number of carbonyl (C=O) groups is 3. The Balaban J connectivity index is 1.97. The number of ether oxygens (including phenoxy) is 1. The third kappa shape index (κ3) is 4.42. The Morgan fingerprint density at radius 1 is 1.16 bits per heavy atom. The van der Waals surface area contributed by atoms with E-state index in [0.717, 1.165) is 0 Å². The number of furan rings is 1. The highest BCUT2D eigenvalue weighted by atomic mass is 19.1. The molecule has 162 valence electrons. The molecule has 31 heavy (non-hydrogen) atoms. The van der Waals surface area contributed by atoms with Crippen molar-refractivity contribution < 1.29 is 27.9 Å². The first-order valence-electron chi connectivity index (χ1n) is 9.65. The molecule has 0 fully saturated rings. The number of ketones is 1. The van der Waals surface area contributed by atoms with Crippen LogP contribution in [-0.4, -0.2) is 40.7 Å². The van der Waals surface area contributed by atoms with Gasteiger partial charge in [0.2, 0.25) is 0 Å². The average molecular weight is 426 g/mol. The number of hydrogen-bond acceptors (Lipinski definition) is 5. The molecule has 8 heteroatoms. The summed E-state index contributed by atoms with van der Waals surface area (Å²) in [6.45, 7) is 5.00. The smallest absolute Gasteiger partial charge is 0.354 e. The molecule has 0 saturated carbocycles. The van der Waals surface area contributed by atoms with Crippen LogP contribution in [0.4, 0.5) is 4.39 Å². The van der Waals surface area contributed by atoms with Gasteiger partial charge in [0.05, 0.1) is 19.4 Å². The van der Waals surface area contributed by atoms with Gasteiger partial charge < -0.3 is 19.0 Å². The number of methoxy groups -OCH3 is 1. The number of benzene rings is 1. The Morgan fingerprint density at radius 2 is 1.84 bits per heavy atom. The highest BCUT2D eigenvalue weighted by molar-refractivity contribution is 6.07. The van der Waals surface area contributed by atoms with E-state index in [1.165, 1.54) is 36.5 Å². The zero-order valence-electron chi connectivity index (χ0n) is 17.7. The number of hydrogen-bond donors (Lipinski definition) is 1. The zero-order chi connectivity index (χ0) is 22.7. The summed E-state index contributed by atoms with van der Waals surface area (Å²) in [7, 11) is 1.26. The summed E-state index contributed by atoms with van der Waals surface area (Å²) in [5.41, 5.74) is 2.12. The molecule has 3 rings (SSSR count). The molecule has 3 aromatic rings. The van der Waals surface area contributed by atoms with Crippen LogP contribution < -0.4 is 0 Å². The van der Waals surface area contributed by atoms with Crippen LogP contribution in [0, 0.1) is 19.7 Å². The summed E-state index contributed by atoms with van der Waals surface area (Å²) in [6.07, 6.45) is 1.37. The molecular formula is C23H23FN2O5. The van der Waals surface area contributed by atoms with Gasteiger partial charge in [-0.1, -0.05) is 12.1 Å². The number of aromatic amines is 1. The van der Waals surface area contributed by atoms with E-state index in [9.17, 15) is 18.8 Å². The van der Waals surface area contributed by atoms with Crippen molar-refractivity contribution in [1.29, 1.82) is 0 Å². The number of amides is 1. The maximum absolute atomic E-state index is 13.4. The fourth-order valence-corrected chi connectivity index (χ4v) is 3.49. The SMILES string of the molecule is COC(=O)c1[nH]c(C)c(C(=O)C(C)N(Cc2ccc(F)cc2)C(=O)c2ccco2)c1C.